The topological polar surface area (TPSA) is 0 Å². The molecule has 2 radical (unpaired) electrons. The van der Waals surface area contributed by atoms with Gasteiger partial charge in [-0.25, -0.2) is 0 Å². The van der Waals surface area contributed by atoms with Gasteiger partial charge in [0, 0.05) is 0 Å². The monoisotopic (exact) mass is 174 g/mol. The maximum Gasteiger partial charge on any atom is 0.116 e. The summed E-state index contributed by atoms with van der Waals surface area (Å²) >= 11 is 3.76. The third kappa shape index (κ3) is 1.20. The van der Waals surface area contributed by atoms with Crippen molar-refractivity contribution in [2.45, 2.75) is 31.8 Å². The van der Waals surface area contributed by atoms with Gasteiger partial charge in [-0.05, 0) is 11.8 Å². The van der Waals surface area contributed by atoms with E-state index in [1.54, 1.807) is 0 Å². The molecule has 0 aromatic carbocycles. The van der Waals surface area contributed by atoms with Crippen LogP contribution in [-0.4, -0.2) is 4.08 Å². The molecule has 0 bridgehead atoms. The number of hydrogen-bond donors (Lipinski definition) is 0. The van der Waals surface area contributed by atoms with Crippen LogP contribution in [-0.2, 0) is 0 Å². The van der Waals surface area contributed by atoms with Crippen LogP contribution >= 0.6 is 23.5 Å². The molecule has 0 atom stereocenters. The van der Waals surface area contributed by atoms with E-state index in [2.05, 4.69) is 32.8 Å². The van der Waals surface area contributed by atoms with Crippen molar-refractivity contribution in [1.29, 1.82) is 0 Å². The Labute approximate surface area is 72.5 Å². The van der Waals surface area contributed by atoms with Crippen molar-refractivity contribution < 1.29 is 0 Å². The van der Waals surface area contributed by atoms with Gasteiger partial charge in [-0.3, -0.25) is 0 Å². The van der Waals surface area contributed by atoms with Gasteiger partial charge in [-0.2, -0.15) is 0 Å². The normalized spacial score (nSPS) is 23.4. The van der Waals surface area contributed by atoms with Gasteiger partial charge in [0.2, 0.25) is 0 Å². The van der Waals surface area contributed by atoms with E-state index in [9.17, 15) is 0 Å². The van der Waals surface area contributed by atoms with Crippen molar-refractivity contribution in [1.82, 2.24) is 0 Å². The molecule has 58 valence electrons. The van der Waals surface area contributed by atoms with Crippen LogP contribution in [0, 0.1) is 16.9 Å². The molecule has 0 nitrogen and oxygen atoms in total. The highest BCUT2D eigenvalue weighted by atomic mass is 32.3. The molecule has 0 aliphatic carbocycles. The predicted octanol–water partition coefficient (Wildman–Crippen LogP) is 3.47. The van der Waals surface area contributed by atoms with Crippen LogP contribution in [0.5, 0.6) is 0 Å². The van der Waals surface area contributed by atoms with Gasteiger partial charge in [-0.1, -0.05) is 27.7 Å². The second-order valence-corrected chi connectivity index (χ2v) is 6.00. The minimum absolute atomic E-state index is 0.444. The lowest BCUT2D eigenvalue weighted by molar-refractivity contribution is 0.448. The first-order valence-electron chi connectivity index (χ1n) is 3.70. The minimum atomic E-state index is 0.444. The number of thioether (sulfide) groups is 2. The molecule has 1 aliphatic heterocycles. The lowest BCUT2D eigenvalue weighted by Gasteiger charge is -2.46. The van der Waals surface area contributed by atoms with Crippen LogP contribution in [0.25, 0.3) is 0 Å². The van der Waals surface area contributed by atoms with Crippen LogP contribution in [0.1, 0.15) is 27.7 Å². The number of rotatable bonds is 2. The van der Waals surface area contributed by atoms with E-state index in [1.165, 1.54) is 0 Å². The van der Waals surface area contributed by atoms with E-state index in [-0.39, 0.29) is 0 Å². The van der Waals surface area contributed by atoms with Gasteiger partial charge in [0.1, 0.15) is 5.08 Å². The molecule has 1 fully saturated rings. The van der Waals surface area contributed by atoms with Crippen LogP contribution in [0.4, 0.5) is 0 Å². The Hall–Kier alpha value is 0.700. The smallest absolute Gasteiger partial charge is 0.116 e. The van der Waals surface area contributed by atoms with E-state index in [4.69, 9.17) is 0 Å². The maximum absolute atomic E-state index is 3.20. The molecule has 10 heavy (non-hydrogen) atoms. The van der Waals surface area contributed by atoms with E-state index in [0.29, 0.717) is 4.08 Å². The van der Waals surface area contributed by atoms with Crippen LogP contribution in [0.2, 0.25) is 0 Å². The van der Waals surface area contributed by atoms with Crippen molar-refractivity contribution in [2.24, 2.45) is 11.8 Å². The third-order valence-electron chi connectivity index (χ3n) is 2.01. The summed E-state index contributed by atoms with van der Waals surface area (Å²) in [6.07, 6.45) is 0. The quantitative estimate of drug-likeness (QED) is 0.628. The minimum Gasteiger partial charge on any atom is -0.121 e. The third-order valence-corrected chi connectivity index (χ3v) is 5.70. The molecule has 0 aromatic heterocycles. The summed E-state index contributed by atoms with van der Waals surface area (Å²) in [4.78, 5) is 0. The van der Waals surface area contributed by atoms with Crippen LogP contribution in [0.15, 0.2) is 0 Å². The largest absolute Gasteiger partial charge is 0.121 e. The molecule has 2 heteroatoms. The Kier molecular flexibility index (Phi) is 2.62. The first-order valence-corrected chi connectivity index (χ1v) is 5.34. The molecule has 1 saturated heterocycles. The van der Waals surface area contributed by atoms with Gasteiger partial charge in [0.15, 0.2) is 0 Å². The Morgan fingerprint density at radius 3 is 1.40 bits per heavy atom. The van der Waals surface area contributed by atoms with Crippen molar-refractivity contribution in [3.63, 3.8) is 0 Å². The molecule has 1 rings (SSSR count). The lowest BCUT2D eigenvalue weighted by Crippen LogP contribution is -2.37. The van der Waals surface area contributed by atoms with Gasteiger partial charge < -0.3 is 0 Å². The highest BCUT2D eigenvalue weighted by molar-refractivity contribution is 8.36. The Morgan fingerprint density at radius 2 is 1.40 bits per heavy atom. The molecule has 1 aliphatic rings. The number of hydrogen-bond acceptors (Lipinski definition) is 2. The van der Waals surface area contributed by atoms with Crippen LogP contribution < -0.4 is 0 Å². The van der Waals surface area contributed by atoms with E-state index >= 15 is 0 Å². The molecule has 0 N–H and O–H groups in total. The van der Waals surface area contributed by atoms with Gasteiger partial charge in [-0.15, -0.1) is 23.5 Å². The average molecular weight is 174 g/mol. The Bertz CT molecular complexity index is 104. The van der Waals surface area contributed by atoms with Gasteiger partial charge in [0.25, 0.3) is 0 Å². The first kappa shape index (κ1) is 8.79. The van der Waals surface area contributed by atoms with Crippen LogP contribution in [0.3, 0.4) is 0 Å². The molecule has 0 amide bonds. The zero-order valence-electron chi connectivity index (χ0n) is 6.97. The molecule has 0 unspecified atom stereocenters. The van der Waals surface area contributed by atoms with Crippen molar-refractivity contribution >= 4 is 23.5 Å². The molecular weight excluding hydrogens is 160 g/mol. The summed E-state index contributed by atoms with van der Waals surface area (Å²) in [6.45, 7) is 9.17. The maximum atomic E-state index is 3.20. The van der Waals surface area contributed by atoms with E-state index < -0.39 is 0 Å². The summed E-state index contributed by atoms with van der Waals surface area (Å²) in [5.41, 5.74) is 0. The standard InChI is InChI=1S/C8H14S2/c1-6(2)8(7(3)4)9-5-10-8/h6-7H,1-4H3. The lowest BCUT2D eigenvalue weighted by atomic mass is 9.99. The zero-order chi connectivity index (χ0) is 7.78. The van der Waals surface area contributed by atoms with Crippen molar-refractivity contribution in [2.75, 3.05) is 0 Å². The summed E-state index contributed by atoms with van der Waals surface area (Å²) in [7, 11) is 0. The van der Waals surface area contributed by atoms with E-state index in [1.807, 2.05) is 23.5 Å². The van der Waals surface area contributed by atoms with Crippen molar-refractivity contribution in [3.05, 3.63) is 5.08 Å². The summed E-state index contributed by atoms with van der Waals surface area (Å²) in [6, 6.07) is 0. The fourth-order valence-corrected chi connectivity index (χ4v) is 3.32. The highest BCUT2D eigenvalue weighted by Gasteiger charge is 2.45. The van der Waals surface area contributed by atoms with Gasteiger partial charge >= 0.3 is 0 Å². The van der Waals surface area contributed by atoms with Crippen molar-refractivity contribution in [3.8, 4) is 0 Å². The molecule has 0 spiro atoms. The average Bonchev–Trinajstić information content (AvgIpc) is 1.57. The van der Waals surface area contributed by atoms with E-state index in [0.717, 1.165) is 11.8 Å². The molecular formula is C8H14S2. The Morgan fingerprint density at radius 1 is 1.00 bits per heavy atom. The second kappa shape index (κ2) is 2.98. The Balaban J connectivity index is 2.59. The summed E-state index contributed by atoms with van der Waals surface area (Å²) < 4.78 is 0.444. The molecule has 1 heterocycles. The summed E-state index contributed by atoms with van der Waals surface area (Å²) in [5.74, 6) is 1.51. The summed E-state index contributed by atoms with van der Waals surface area (Å²) in [5, 5.41) is 3.20. The molecule has 0 saturated carbocycles. The fraction of sp³-hybridized carbons (Fsp3) is 0.875. The predicted molar refractivity (Wildman–Crippen MR) is 50.8 cm³/mol. The first-order chi connectivity index (χ1) is 4.59. The SMILES string of the molecule is CC(C)C1(C(C)C)S[C]S1. The molecule has 0 aromatic rings. The fourth-order valence-electron chi connectivity index (χ4n) is 1.28. The zero-order valence-corrected chi connectivity index (χ0v) is 8.60. The highest BCUT2D eigenvalue weighted by Crippen LogP contribution is 2.62. The van der Waals surface area contributed by atoms with Gasteiger partial charge in [0.05, 0.1) is 4.08 Å². The second-order valence-electron chi connectivity index (χ2n) is 3.32.